The number of fused-ring (bicyclic) bond motifs is 1. The van der Waals surface area contributed by atoms with Gasteiger partial charge >= 0.3 is 0 Å². The molecule has 0 bridgehead atoms. The molecule has 28 heavy (non-hydrogen) atoms. The van der Waals surface area contributed by atoms with Crippen LogP contribution in [0.4, 0.5) is 11.5 Å². The van der Waals surface area contributed by atoms with Crippen molar-refractivity contribution in [2.24, 2.45) is 0 Å². The summed E-state index contributed by atoms with van der Waals surface area (Å²) in [6.07, 6.45) is 3.24. The van der Waals surface area contributed by atoms with E-state index in [2.05, 4.69) is 10.2 Å². The molecule has 2 aliphatic rings. The zero-order valence-electron chi connectivity index (χ0n) is 15.8. The van der Waals surface area contributed by atoms with Crippen molar-refractivity contribution in [1.82, 2.24) is 14.5 Å². The molecule has 0 unspecified atom stereocenters. The van der Waals surface area contributed by atoms with Crippen LogP contribution in [0.15, 0.2) is 41.4 Å². The van der Waals surface area contributed by atoms with Crippen LogP contribution >= 0.6 is 0 Å². The quantitative estimate of drug-likeness (QED) is 0.770. The van der Waals surface area contributed by atoms with Crippen molar-refractivity contribution >= 4 is 27.4 Å². The molecule has 0 radical (unpaired) electrons. The van der Waals surface area contributed by atoms with E-state index < -0.39 is 10.0 Å². The first kappa shape index (κ1) is 18.8. The number of amides is 1. The lowest BCUT2D eigenvalue weighted by atomic mass is 10.0. The van der Waals surface area contributed by atoms with Crippen LogP contribution in [0.25, 0.3) is 0 Å². The maximum Gasteiger partial charge on any atom is 0.243 e. The maximum atomic E-state index is 13.1. The summed E-state index contributed by atoms with van der Waals surface area (Å²) in [5.74, 6) is 0.745. The van der Waals surface area contributed by atoms with Gasteiger partial charge in [-0.15, -0.1) is 5.10 Å². The van der Waals surface area contributed by atoms with Crippen molar-refractivity contribution in [2.75, 3.05) is 42.5 Å². The Kier molecular flexibility index (Phi) is 5.03. The van der Waals surface area contributed by atoms with Gasteiger partial charge in [-0.3, -0.25) is 4.79 Å². The van der Waals surface area contributed by atoms with Crippen molar-refractivity contribution < 1.29 is 13.2 Å². The Hall–Kier alpha value is -2.52. The molecule has 1 fully saturated rings. The molecule has 0 atom stereocenters. The third kappa shape index (κ3) is 3.47. The van der Waals surface area contributed by atoms with E-state index in [9.17, 15) is 13.2 Å². The Morgan fingerprint density at radius 2 is 1.86 bits per heavy atom. The van der Waals surface area contributed by atoms with E-state index in [1.165, 1.54) is 11.2 Å². The largest absolute Gasteiger partial charge is 0.352 e. The highest BCUT2D eigenvalue weighted by molar-refractivity contribution is 7.89. The number of benzene rings is 1. The Morgan fingerprint density at radius 1 is 1.07 bits per heavy atom. The minimum absolute atomic E-state index is 0.0170. The fourth-order valence-electron chi connectivity index (χ4n) is 3.83. The number of piperazine rings is 1. The fraction of sp³-hybridized carbons (Fsp3) is 0.421. The number of carbonyl (C=O) groups excluding carboxylic acids is 1. The predicted octanol–water partition coefficient (Wildman–Crippen LogP) is 1.29. The number of aromatic nitrogens is 2. The van der Waals surface area contributed by atoms with E-state index in [0.29, 0.717) is 37.6 Å². The van der Waals surface area contributed by atoms with E-state index in [1.807, 2.05) is 17.0 Å². The number of hydrogen-bond acceptors (Lipinski definition) is 6. The van der Waals surface area contributed by atoms with Crippen molar-refractivity contribution in [3.05, 3.63) is 42.1 Å². The minimum atomic E-state index is -3.57. The van der Waals surface area contributed by atoms with Gasteiger partial charge < -0.3 is 9.80 Å². The van der Waals surface area contributed by atoms with Gasteiger partial charge in [-0.2, -0.15) is 9.40 Å². The zero-order valence-corrected chi connectivity index (χ0v) is 16.6. The lowest BCUT2D eigenvalue weighted by molar-refractivity contribution is -0.116. The summed E-state index contributed by atoms with van der Waals surface area (Å²) in [5.41, 5.74) is 1.74. The van der Waals surface area contributed by atoms with E-state index >= 15 is 0 Å². The Balaban J connectivity index is 1.52. The summed E-state index contributed by atoms with van der Waals surface area (Å²) in [6.45, 7) is 4.15. The molecule has 2 aromatic rings. The number of rotatable bonds is 3. The second-order valence-corrected chi connectivity index (χ2v) is 8.98. The highest BCUT2D eigenvalue weighted by Crippen LogP contribution is 2.31. The first-order chi connectivity index (χ1) is 13.5. The Labute approximate surface area is 164 Å². The van der Waals surface area contributed by atoms with Crippen molar-refractivity contribution in [3.63, 3.8) is 0 Å². The number of sulfonamides is 1. The van der Waals surface area contributed by atoms with Gasteiger partial charge in [0.25, 0.3) is 0 Å². The van der Waals surface area contributed by atoms with Crippen molar-refractivity contribution in [3.8, 4) is 0 Å². The van der Waals surface area contributed by atoms with Crippen LogP contribution in [0.2, 0.25) is 0 Å². The van der Waals surface area contributed by atoms with Crippen LogP contribution in [-0.2, 0) is 21.2 Å². The van der Waals surface area contributed by atoms with Crippen LogP contribution in [-0.4, -0.2) is 61.6 Å². The van der Waals surface area contributed by atoms with Gasteiger partial charge in [-0.1, -0.05) is 0 Å². The van der Waals surface area contributed by atoms with E-state index in [0.717, 1.165) is 29.9 Å². The van der Waals surface area contributed by atoms with Gasteiger partial charge in [0.15, 0.2) is 5.82 Å². The Bertz CT molecular complexity index is 972. The molecular formula is C19H23N5O3S. The standard InChI is InChI=1S/C19H23N5O3S/c1-15(25)24-9-3-4-16-14-17(6-7-18(16)24)28(26,27)23-12-10-22(11-13-23)19-5-2-8-20-21-19/h2,5-8,14H,3-4,9-13H2,1H3. The van der Waals surface area contributed by atoms with Gasteiger partial charge in [-0.25, -0.2) is 8.42 Å². The summed E-state index contributed by atoms with van der Waals surface area (Å²) in [4.78, 5) is 15.9. The second kappa shape index (κ2) is 7.48. The third-order valence-corrected chi connectivity index (χ3v) is 7.20. The van der Waals surface area contributed by atoms with Gasteiger partial charge in [-0.05, 0) is 48.7 Å². The normalized spacial score (nSPS) is 18.0. The molecule has 1 saturated heterocycles. The van der Waals surface area contributed by atoms with E-state index in [4.69, 9.17) is 0 Å². The summed E-state index contributed by atoms with van der Waals surface area (Å²) < 4.78 is 27.8. The van der Waals surface area contributed by atoms with Crippen LogP contribution in [0.1, 0.15) is 18.9 Å². The predicted molar refractivity (Wildman–Crippen MR) is 106 cm³/mol. The van der Waals surface area contributed by atoms with Crippen molar-refractivity contribution in [1.29, 1.82) is 0 Å². The molecule has 2 aliphatic heterocycles. The molecule has 1 amide bonds. The summed E-state index contributed by atoms with van der Waals surface area (Å²) in [7, 11) is -3.57. The highest BCUT2D eigenvalue weighted by Gasteiger charge is 2.30. The van der Waals surface area contributed by atoms with Crippen LogP contribution < -0.4 is 9.80 Å². The first-order valence-corrected chi connectivity index (χ1v) is 10.8. The van der Waals surface area contributed by atoms with Gasteiger partial charge in [0.05, 0.1) is 4.90 Å². The molecule has 3 heterocycles. The molecule has 0 aliphatic carbocycles. The molecular weight excluding hydrogens is 378 g/mol. The number of anilines is 2. The molecule has 0 saturated carbocycles. The molecule has 0 N–H and O–H groups in total. The van der Waals surface area contributed by atoms with Gasteiger partial charge in [0, 0.05) is 51.5 Å². The number of carbonyl (C=O) groups is 1. The average Bonchev–Trinajstić information content (AvgIpc) is 2.73. The monoisotopic (exact) mass is 401 g/mol. The third-order valence-electron chi connectivity index (χ3n) is 5.31. The summed E-state index contributed by atoms with van der Waals surface area (Å²) in [6, 6.07) is 8.81. The Morgan fingerprint density at radius 3 is 2.54 bits per heavy atom. The highest BCUT2D eigenvalue weighted by atomic mass is 32.2. The van der Waals surface area contributed by atoms with Crippen molar-refractivity contribution in [2.45, 2.75) is 24.7 Å². The first-order valence-electron chi connectivity index (χ1n) is 9.40. The molecule has 0 spiro atoms. The number of aryl methyl sites for hydroxylation is 1. The molecule has 8 nitrogen and oxygen atoms in total. The molecule has 148 valence electrons. The van der Waals surface area contributed by atoms with Crippen LogP contribution in [0.5, 0.6) is 0 Å². The SMILES string of the molecule is CC(=O)N1CCCc2cc(S(=O)(=O)N3CCN(c4cccnn4)CC3)ccc21. The molecule has 1 aromatic carbocycles. The van der Waals surface area contributed by atoms with E-state index in [-0.39, 0.29) is 5.91 Å². The summed E-state index contributed by atoms with van der Waals surface area (Å²) >= 11 is 0. The summed E-state index contributed by atoms with van der Waals surface area (Å²) in [5, 5.41) is 7.98. The maximum absolute atomic E-state index is 13.1. The molecule has 4 rings (SSSR count). The molecule has 1 aromatic heterocycles. The lowest BCUT2D eigenvalue weighted by Crippen LogP contribution is -2.49. The molecule has 9 heteroatoms. The second-order valence-electron chi connectivity index (χ2n) is 7.04. The number of nitrogens with zero attached hydrogens (tertiary/aromatic N) is 5. The fourth-order valence-corrected chi connectivity index (χ4v) is 5.30. The smallest absolute Gasteiger partial charge is 0.243 e. The zero-order chi connectivity index (χ0) is 19.7. The van der Waals surface area contributed by atoms with Gasteiger partial charge in [0.2, 0.25) is 15.9 Å². The number of hydrogen-bond donors (Lipinski definition) is 0. The van der Waals surface area contributed by atoms with E-state index in [1.54, 1.807) is 29.3 Å². The lowest BCUT2D eigenvalue weighted by Gasteiger charge is -2.34. The van der Waals surface area contributed by atoms with Crippen LogP contribution in [0, 0.1) is 0 Å². The average molecular weight is 401 g/mol. The van der Waals surface area contributed by atoms with Crippen LogP contribution in [0.3, 0.4) is 0 Å². The topological polar surface area (TPSA) is 86.7 Å². The minimum Gasteiger partial charge on any atom is -0.352 e. The van der Waals surface area contributed by atoms with Gasteiger partial charge in [0.1, 0.15) is 0 Å².